The molecule has 2 rings (SSSR count). The van der Waals surface area contributed by atoms with Gasteiger partial charge in [-0.25, -0.2) is 4.79 Å². The molecule has 0 bridgehead atoms. The van der Waals surface area contributed by atoms with Gasteiger partial charge in [-0.3, -0.25) is 10.1 Å². The molecule has 1 aromatic carbocycles. The fourth-order valence-corrected chi connectivity index (χ4v) is 2.80. The van der Waals surface area contributed by atoms with Crippen molar-refractivity contribution in [3.05, 3.63) is 23.3 Å². The Hall–Kier alpha value is -2.49. The van der Waals surface area contributed by atoms with Crippen LogP contribution in [0.4, 0.5) is 18.0 Å². The predicted molar refractivity (Wildman–Crippen MR) is 85.2 cm³/mol. The van der Waals surface area contributed by atoms with E-state index >= 15 is 0 Å². The summed E-state index contributed by atoms with van der Waals surface area (Å²) in [6, 6.07) is 2.59. The summed E-state index contributed by atoms with van der Waals surface area (Å²) >= 11 is 0. The molecule has 1 heterocycles. The van der Waals surface area contributed by atoms with Crippen molar-refractivity contribution >= 4 is 11.9 Å². The van der Waals surface area contributed by atoms with Crippen LogP contribution in [0.25, 0.3) is 0 Å². The van der Waals surface area contributed by atoms with Gasteiger partial charge in [-0.15, -0.1) is 0 Å². The number of methoxy groups -OCH3 is 2. The molecule has 0 aliphatic carbocycles. The summed E-state index contributed by atoms with van der Waals surface area (Å²) in [5.41, 5.74) is 2.09. The second-order valence-electron chi connectivity index (χ2n) is 5.93. The zero-order valence-electron chi connectivity index (χ0n) is 14.5. The Kier molecular flexibility index (Phi) is 6.30. The van der Waals surface area contributed by atoms with Gasteiger partial charge >= 0.3 is 12.2 Å². The summed E-state index contributed by atoms with van der Waals surface area (Å²) in [5, 5.41) is 3.51. The molecule has 1 aliphatic heterocycles. The Labute approximate surface area is 148 Å². The standard InChI is InChI=1S/C16H20F3N3O4/c1-25-12-5-10-3-4-22(7-11(10)6-13(12)26-2)8-14(23)21-15(24)20-9-16(17,18)19/h5-6H,3-4,7-9H2,1-2H3,(H2,20,21,23,24)/p+1. The van der Waals surface area contributed by atoms with E-state index in [0.29, 0.717) is 31.0 Å². The summed E-state index contributed by atoms with van der Waals surface area (Å²) in [5.74, 6) is 0.584. The van der Waals surface area contributed by atoms with Gasteiger partial charge < -0.3 is 19.7 Å². The lowest BCUT2D eigenvalue weighted by atomic mass is 9.99. The van der Waals surface area contributed by atoms with Gasteiger partial charge in [-0.1, -0.05) is 0 Å². The Morgan fingerprint density at radius 1 is 1.15 bits per heavy atom. The molecule has 144 valence electrons. The number of carbonyl (C=O) groups is 2. The first-order valence-corrected chi connectivity index (χ1v) is 7.93. The number of fused-ring (bicyclic) bond motifs is 1. The van der Waals surface area contributed by atoms with E-state index < -0.39 is 24.7 Å². The molecular formula is C16H21F3N3O4+. The summed E-state index contributed by atoms with van der Waals surface area (Å²) in [6.07, 6.45) is -3.82. The maximum Gasteiger partial charge on any atom is 0.405 e. The van der Waals surface area contributed by atoms with Crippen molar-refractivity contribution in [2.45, 2.75) is 19.1 Å². The molecule has 3 amide bonds. The van der Waals surface area contributed by atoms with Gasteiger partial charge in [0.05, 0.1) is 20.8 Å². The first-order chi connectivity index (χ1) is 12.2. The molecule has 10 heteroatoms. The molecule has 1 aromatic rings. The van der Waals surface area contributed by atoms with Crippen molar-refractivity contribution in [2.24, 2.45) is 0 Å². The number of nitrogens with one attached hydrogen (secondary N) is 3. The van der Waals surface area contributed by atoms with Gasteiger partial charge in [0.15, 0.2) is 18.0 Å². The van der Waals surface area contributed by atoms with Crippen LogP contribution in [-0.4, -0.2) is 52.0 Å². The maximum atomic E-state index is 12.0. The molecule has 0 saturated heterocycles. The molecule has 0 radical (unpaired) electrons. The number of urea groups is 1. The second-order valence-corrected chi connectivity index (χ2v) is 5.93. The number of rotatable bonds is 5. The lowest BCUT2D eigenvalue weighted by molar-refractivity contribution is -0.908. The number of halogens is 3. The normalized spacial score (nSPS) is 16.4. The van der Waals surface area contributed by atoms with Crippen molar-refractivity contribution in [3.8, 4) is 11.5 Å². The fraction of sp³-hybridized carbons (Fsp3) is 0.500. The topological polar surface area (TPSA) is 81.1 Å². The maximum absolute atomic E-state index is 12.0. The van der Waals surface area contributed by atoms with Crippen LogP contribution in [0.2, 0.25) is 0 Å². The smallest absolute Gasteiger partial charge is 0.405 e. The van der Waals surface area contributed by atoms with Crippen LogP contribution in [-0.2, 0) is 17.8 Å². The first-order valence-electron chi connectivity index (χ1n) is 7.93. The van der Waals surface area contributed by atoms with Crippen LogP contribution < -0.4 is 25.0 Å². The van der Waals surface area contributed by atoms with Crippen LogP contribution in [0.5, 0.6) is 11.5 Å². The molecule has 0 aromatic heterocycles. The van der Waals surface area contributed by atoms with Gasteiger partial charge in [0.25, 0.3) is 5.91 Å². The van der Waals surface area contributed by atoms with Crippen LogP contribution in [0.15, 0.2) is 12.1 Å². The molecule has 0 saturated carbocycles. The average Bonchev–Trinajstić information content (AvgIpc) is 2.58. The van der Waals surface area contributed by atoms with Gasteiger partial charge in [0.2, 0.25) is 0 Å². The largest absolute Gasteiger partial charge is 0.493 e. The van der Waals surface area contributed by atoms with Crippen molar-refractivity contribution in [3.63, 3.8) is 0 Å². The molecular weight excluding hydrogens is 355 g/mol. The highest BCUT2D eigenvalue weighted by Crippen LogP contribution is 2.31. The number of quaternary nitrogens is 1. The lowest BCUT2D eigenvalue weighted by Gasteiger charge is -2.26. The van der Waals surface area contributed by atoms with Crippen LogP contribution in [0.1, 0.15) is 11.1 Å². The quantitative estimate of drug-likeness (QED) is 0.678. The Morgan fingerprint density at radius 2 is 1.77 bits per heavy atom. The number of carbonyl (C=O) groups excluding carboxylic acids is 2. The van der Waals surface area contributed by atoms with E-state index in [0.717, 1.165) is 16.0 Å². The Balaban J connectivity index is 1.90. The van der Waals surface area contributed by atoms with Crippen LogP contribution in [0.3, 0.4) is 0 Å². The van der Waals surface area contributed by atoms with Crippen molar-refractivity contribution in [1.82, 2.24) is 10.6 Å². The number of hydrogen-bond acceptors (Lipinski definition) is 4. The molecule has 1 aliphatic rings. The van der Waals surface area contributed by atoms with E-state index in [4.69, 9.17) is 9.47 Å². The summed E-state index contributed by atoms with van der Waals surface area (Å²) in [6.45, 7) is -0.321. The number of benzene rings is 1. The van der Waals surface area contributed by atoms with Crippen LogP contribution >= 0.6 is 0 Å². The number of ether oxygens (including phenoxy) is 2. The highest BCUT2D eigenvalue weighted by atomic mass is 19.4. The van der Waals surface area contributed by atoms with Gasteiger partial charge in [0, 0.05) is 12.0 Å². The molecule has 7 nitrogen and oxygen atoms in total. The van der Waals surface area contributed by atoms with E-state index in [1.165, 1.54) is 7.11 Å². The van der Waals surface area contributed by atoms with Gasteiger partial charge in [0.1, 0.15) is 13.1 Å². The summed E-state index contributed by atoms with van der Waals surface area (Å²) < 4.78 is 46.6. The third-order valence-corrected chi connectivity index (χ3v) is 4.01. The van der Waals surface area contributed by atoms with Crippen molar-refractivity contribution in [1.29, 1.82) is 0 Å². The van der Waals surface area contributed by atoms with Gasteiger partial charge in [-0.05, 0) is 17.7 Å². The molecule has 0 fully saturated rings. The highest BCUT2D eigenvalue weighted by Gasteiger charge is 2.29. The number of imide groups is 1. The molecule has 1 unspecified atom stereocenters. The zero-order chi connectivity index (χ0) is 19.3. The van der Waals surface area contributed by atoms with E-state index in [2.05, 4.69) is 0 Å². The SMILES string of the molecule is COc1cc2c(cc1OC)C[NH+](CC(=O)NC(=O)NCC(F)(F)F)CC2. The molecule has 0 spiro atoms. The third kappa shape index (κ3) is 5.51. The van der Waals surface area contributed by atoms with Crippen LogP contribution in [0, 0.1) is 0 Å². The number of alkyl halides is 3. The number of amides is 3. The number of hydrogen-bond donors (Lipinski definition) is 3. The monoisotopic (exact) mass is 376 g/mol. The molecule has 1 atom stereocenters. The van der Waals surface area contributed by atoms with E-state index in [9.17, 15) is 22.8 Å². The third-order valence-electron chi connectivity index (χ3n) is 4.01. The lowest BCUT2D eigenvalue weighted by Crippen LogP contribution is -3.13. The van der Waals surface area contributed by atoms with Crippen molar-refractivity contribution in [2.75, 3.05) is 33.9 Å². The van der Waals surface area contributed by atoms with E-state index in [1.807, 2.05) is 17.4 Å². The van der Waals surface area contributed by atoms with E-state index in [1.54, 1.807) is 12.4 Å². The highest BCUT2D eigenvalue weighted by molar-refractivity contribution is 5.94. The fourth-order valence-electron chi connectivity index (χ4n) is 2.80. The zero-order valence-corrected chi connectivity index (χ0v) is 14.5. The average molecular weight is 376 g/mol. The Morgan fingerprint density at radius 3 is 2.35 bits per heavy atom. The van der Waals surface area contributed by atoms with E-state index in [-0.39, 0.29) is 6.54 Å². The summed E-state index contributed by atoms with van der Waals surface area (Å²) in [4.78, 5) is 24.1. The minimum absolute atomic E-state index is 0.0206. The first kappa shape index (κ1) is 19.8. The minimum atomic E-state index is -4.53. The molecule has 3 N–H and O–H groups in total. The van der Waals surface area contributed by atoms with Gasteiger partial charge in [-0.2, -0.15) is 13.2 Å². The van der Waals surface area contributed by atoms with Crippen molar-refractivity contribution < 1.29 is 37.1 Å². The predicted octanol–water partition coefficient (Wildman–Crippen LogP) is 0.0329. The Bertz CT molecular complexity index is 679. The summed E-state index contributed by atoms with van der Waals surface area (Å²) in [7, 11) is 3.09. The molecule has 26 heavy (non-hydrogen) atoms. The minimum Gasteiger partial charge on any atom is -0.493 e. The second kappa shape index (κ2) is 8.26.